The number of carboxylic acid groups (broad SMARTS) is 1. The van der Waals surface area contributed by atoms with E-state index in [2.05, 4.69) is 4.72 Å². The monoisotopic (exact) mass is 271 g/mol. The number of rotatable bonds is 4. The quantitative estimate of drug-likeness (QED) is 0.647. The summed E-state index contributed by atoms with van der Waals surface area (Å²) in [5, 5.41) is 8.37. The SMILES string of the molecule is CC1(NS(=O)(=O)CC(=O)O)CCS(=O)(=O)C1. The lowest BCUT2D eigenvalue weighted by Gasteiger charge is -2.22. The molecule has 1 atom stereocenters. The third kappa shape index (κ3) is 3.72. The third-order valence-electron chi connectivity index (χ3n) is 2.22. The molecule has 1 saturated heterocycles. The lowest BCUT2D eigenvalue weighted by atomic mass is 10.0. The first kappa shape index (κ1) is 13.4. The first-order valence-electron chi connectivity index (χ1n) is 4.48. The fourth-order valence-electron chi connectivity index (χ4n) is 1.67. The number of sulfone groups is 1. The number of carboxylic acids is 1. The molecule has 1 heterocycles. The van der Waals surface area contributed by atoms with Gasteiger partial charge in [0, 0.05) is 5.54 Å². The Morgan fingerprint density at radius 2 is 2.06 bits per heavy atom. The molecule has 1 rings (SSSR count). The van der Waals surface area contributed by atoms with Gasteiger partial charge in [-0.25, -0.2) is 21.6 Å². The molecule has 0 aromatic carbocycles. The molecule has 0 amide bonds. The Hall–Kier alpha value is -0.670. The van der Waals surface area contributed by atoms with E-state index in [0.717, 1.165) is 0 Å². The molecule has 1 fully saturated rings. The molecule has 16 heavy (non-hydrogen) atoms. The highest BCUT2D eigenvalue weighted by Gasteiger charge is 2.41. The molecule has 94 valence electrons. The van der Waals surface area contributed by atoms with Gasteiger partial charge in [0.1, 0.15) is 0 Å². The number of nitrogens with one attached hydrogen (secondary N) is 1. The van der Waals surface area contributed by atoms with Crippen molar-refractivity contribution in [2.45, 2.75) is 18.9 Å². The summed E-state index contributed by atoms with van der Waals surface area (Å²) in [4.78, 5) is 10.3. The molecule has 0 saturated carbocycles. The number of aliphatic carboxylic acids is 1. The van der Waals surface area contributed by atoms with Crippen molar-refractivity contribution in [3.05, 3.63) is 0 Å². The lowest BCUT2D eigenvalue weighted by molar-refractivity contribution is -0.134. The van der Waals surface area contributed by atoms with Crippen LogP contribution >= 0.6 is 0 Å². The van der Waals surface area contributed by atoms with Gasteiger partial charge in [-0.3, -0.25) is 4.79 Å². The highest BCUT2D eigenvalue weighted by Crippen LogP contribution is 2.23. The standard InChI is InChI=1S/C7H13NO6S2/c1-7(2-3-15(11,12)5-7)8-16(13,14)4-6(9)10/h8H,2-5H2,1H3,(H,9,10). The maximum Gasteiger partial charge on any atom is 0.320 e. The Kier molecular flexibility index (Phi) is 3.32. The molecule has 0 aromatic rings. The summed E-state index contributed by atoms with van der Waals surface area (Å²) in [5.74, 6) is -2.91. The Bertz CT molecular complexity index is 493. The molecular formula is C7H13NO6S2. The van der Waals surface area contributed by atoms with Crippen LogP contribution in [0.25, 0.3) is 0 Å². The number of hydrogen-bond acceptors (Lipinski definition) is 5. The van der Waals surface area contributed by atoms with Gasteiger partial charge in [-0.15, -0.1) is 0 Å². The zero-order valence-electron chi connectivity index (χ0n) is 8.63. The molecule has 1 aliphatic rings. The summed E-state index contributed by atoms with van der Waals surface area (Å²) in [5.41, 5.74) is -1.09. The molecule has 0 spiro atoms. The van der Waals surface area contributed by atoms with Crippen LogP contribution in [0.1, 0.15) is 13.3 Å². The van der Waals surface area contributed by atoms with Crippen LogP contribution in [-0.2, 0) is 24.7 Å². The van der Waals surface area contributed by atoms with E-state index < -0.39 is 37.1 Å². The first-order valence-corrected chi connectivity index (χ1v) is 7.95. The van der Waals surface area contributed by atoms with Crippen LogP contribution in [0.3, 0.4) is 0 Å². The van der Waals surface area contributed by atoms with E-state index in [-0.39, 0.29) is 17.9 Å². The van der Waals surface area contributed by atoms with Crippen molar-refractivity contribution < 1.29 is 26.7 Å². The van der Waals surface area contributed by atoms with Crippen LogP contribution in [0.4, 0.5) is 0 Å². The van der Waals surface area contributed by atoms with Gasteiger partial charge in [0.05, 0.1) is 11.5 Å². The smallest absolute Gasteiger partial charge is 0.320 e. The molecule has 0 bridgehead atoms. The second-order valence-corrected chi connectivity index (χ2v) is 8.06. The fraction of sp³-hybridized carbons (Fsp3) is 0.857. The summed E-state index contributed by atoms with van der Waals surface area (Å²) < 4.78 is 47.2. The van der Waals surface area contributed by atoms with E-state index in [1.165, 1.54) is 6.92 Å². The van der Waals surface area contributed by atoms with Crippen LogP contribution in [0.5, 0.6) is 0 Å². The van der Waals surface area contributed by atoms with E-state index in [1.54, 1.807) is 0 Å². The summed E-state index contributed by atoms with van der Waals surface area (Å²) in [6.07, 6.45) is 0.161. The average Bonchev–Trinajstić information content (AvgIpc) is 2.19. The molecule has 1 aliphatic heterocycles. The first-order chi connectivity index (χ1) is 7.04. The lowest BCUT2D eigenvalue weighted by Crippen LogP contribution is -2.48. The van der Waals surface area contributed by atoms with Crippen molar-refractivity contribution in [3.63, 3.8) is 0 Å². The molecule has 9 heteroatoms. The second-order valence-electron chi connectivity index (χ2n) is 4.16. The predicted octanol–water partition coefficient (Wildman–Crippen LogP) is -1.43. The van der Waals surface area contributed by atoms with Crippen molar-refractivity contribution >= 4 is 25.8 Å². The zero-order valence-corrected chi connectivity index (χ0v) is 10.3. The Morgan fingerprint density at radius 1 is 1.50 bits per heavy atom. The third-order valence-corrected chi connectivity index (χ3v) is 5.55. The van der Waals surface area contributed by atoms with Crippen LogP contribution in [-0.4, -0.2) is 50.7 Å². The minimum absolute atomic E-state index is 0.0842. The van der Waals surface area contributed by atoms with Crippen LogP contribution in [0.2, 0.25) is 0 Å². The molecule has 1 unspecified atom stereocenters. The molecule has 0 aliphatic carbocycles. The number of carbonyl (C=O) groups is 1. The summed E-state index contributed by atoms with van der Waals surface area (Å²) in [6.45, 7) is 1.46. The van der Waals surface area contributed by atoms with Gasteiger partial charge in [0.2, 0.25) is 10.0 Å². The highest BCUT2D eigenvalue weighted by molar-refractivity contribution is 7.92. The highest BCUT2D eigenvalue weighted by atomic mass is 32.2. The normalized spacial score (nSPS) is 29.1. The second kappa shape index (κ2) is 3.97. The molecular weight excluding hydrogens is 258 g/mol. The van der Waals surface area contributed by atoms with E-state index in [0.29, 0.717) is 0 Å². The van der Waals surface area contributed by atoms with Crippen molar-refractivity contribution in [2.24, 2.45) is 0 Å². The zero-order chi connectivity index (χ0) is 12.6. The van der Waals surface area contributed by atoms with Gasteiger partial charge >= 0.3 is 5.97 Å². The van der Waals surface area contributed by atoms with Gasteiger partial charge in [0.15, 0.2) is 15.6 Å². The predicted molar refractivity (Wildman–Crippen MR) is 56.2 cm³/mol. The topological polar surface area (TPSA) is 118 Å². The van der Waals surface area contributed by atoms with E-state index in [4.69, 9.17) is 5.11 Å². The Balaban J connectivity index is 2.79. The fourth-order valence-corrected chi connectivity index (χ4v) is 5.17. The van der Waals surface area contributed by atoms with Gasteiger partial charge in [0.25, 0.3) is 0 Å². The average molecular weight is 271 g/mol. The van der Waals surface area contributed by atoms with Crippen LogP contribution < -0.4 is 4.72 Å². The van der Waals surface area contributed by atoms with Crippen molar-refractivity contribution in [2.75, 3.05) is 17.3 Å². The summed E-state index contributed by atoms with van der Waals surface area (Å²) >= 11 is 0. The van der Waals surface area contributed by atoms with Crippen LogP contribution in [0, 0.1) is 0 Å². The van der Waals surface area contributed by atoms with E-state index in [1.807, 2.05) is 0 Å². The van der Waals surface area contributed by atoms with Crippen molar-refractivity contribution in [3.8, 4) is 0 Å². The Morgan fingerprint density at radius 3 is 2.44 bits per heavy atom. The van der Waals surface area contributed by atoms with Gasteiger partial charge < -0.3 is 5.11 Å². The van der Waals surface area contributed by atoms with Gasteiger partial charge in [-0.2, -0.15) is 0 Å². The molecule has 0 radical (unpaired) electrons. The largest absolute Gasteiger partial charge is 0.480 e. The minimum atomic E-state index is -3.99. The molecule has 0 aromatic heterocycles. The Labute approximate surface area is 93.8 Å². The summed E-state index contributed by atoms with van der Waals surface area (Å²) in [7, 11) is -7.22. The molecule has 7 nitrogen and oxygen atoms in total. The van der Waals surface area contributed by atoms with Gasteiger partial charge in [-0.1, -0.05) is 0 Å². The minimum Gasteiger partial charge on any atom is -0.480 e. The van der Waals surface area contributed by atoms with Gasteiger partial charge in [-0.05, 0) is 13.3 Å². The number of sulfonamides is 1. The molecule has 2 N–H and O–H groups in total. The van der Waals surface area contributed by atoms with E-state index >= 15 is 0 Å². The maximum absolute atomic E-state index is 11.3. The number of hydrogen-bond donors (Lipinski definition) is 2. The van der Waals surface area contributed by atoms with Crippen molar-refractivity contribution in [1.29, 1.82) is 0 Å². The van der Waals surface area contributed by atoms with Crippen LogP contribution in [0.15, 0.2) is 0 Å². The summed E-state index contributed by atoms with van der Waals surface area (Å²) in [6, 6.07) is 0. The van der Waals surface area contributed by atoms with Crippen molar-refractivity contribution in [1.82, 2.24) is 4.72 Å². The maximum atomic E-state index is 11.3. The van der Waals surface area contributed by atoms with E-state index in [9.17, 15) is 21.6 Å².